The molecule has 0 unspecified atom stereocenters. The van der Waals surface area contributed by atoms with Gasteiger partial charge in [-0.15, -0.1) is 0 Å². The SMILES string of the molecule is CC(=O)c1ccccc1C(=O)N(O)c1cccc(CN(C)S(C)(=O)=O)c1. The van der Waals surface area contributed by atoms with E-state index in [1.807, 2.05) is 0 Å². The molecule has 2 rings (SSSR count). The molecule has 2 aromatic carbocycles. The van der Waals surface area contributed by atoms with Crippen molar-refractivity contribution in [1.29, 1.82) is 0 Å². The Labute approximate surface area is 152 Å². The highest BCUT2D eigenvalue weighted by atomic mass is 32.2. The maximum atomic E-state index is 12.6. The Hall–Kier alpha value is -2.55. The van der Waals surface area contributed by atoms with Gasteiger partial charge in [0.05, 0.1) is 17.5 Å². The molecule has 0 bridgehead atoms. The Kier molecular flexibility index (Phi) is 5.91. The molecule has 1 amide bonds. The molecular formula is C18H20N2O5S. The second kappa shape index (κ2) is 7.77. The maximum absolute atomic E-state index is 12.6. The van der Waals surface area contributed by atoms with E-state index in [1.54, 1.807) is 24.3 Å². The monoisotopic (exact) mass is 376 g/mol. The Morgan fingerprint density at radius 1 is 1.04 bits per heavy atom. The number of nitrogens with zero attached hydrogens (tertiary/aromatic N) is 2. The first kappa shape index (κ1) is 19.8. The van der Waals surface area contributed by atoms with Crippen LogP contribution in [0.15, 0.2) is 48.5 Å². The fourth-order valence-electron chi connectivity index (χ4n) is 2.37. The third kappa shape index (κ3) is 4.54. The smallest absolute Gasteiger partial charge is 0.282 e. The molecule has 1 N–H and O–H groups in total. The largest absolute Gasteiger partial charge is 0.294 e. The first-order valence-electron chi connectivity index (χ1n) is 7.75. The fraction of sp³-hybridized carbons (Fsp3) is 0.222. The van der Waals surface area contributed by atoms with Crippen molar-refractivity contribution < 1.29 is 23.2 Å². The number of hydrogen-bond acceptors (Lipinski definition) is 5. The molecule has 26 heavy (non-hydrogen) atoms. The van der Waals surface area contributed by atoms with Gasteiger partial charge in [-0.05, 0) is 30.7 Å². The van der Waals surface area contributed by atoms with Crippen LogP contribution in [0.3, 0.4) is 0 Å². The van der Waals surface area contributed by atoms with Crippen molar-refractivity contribution in [2.75, 3.05) is 18.4 Å². The van der Waals surface area contributed by atoms with E-state index < -0.39 is 15.9 Å². The molecule has 138 valence electrons. The molecule has 0 atom stereocenters. The normalized spacial score (nSPS) is 11.4. The summed E-state index contributed by atoms with van der Waals surface area (Å²) in [5, 5.41) is 10.8. The zero-order valence-corrected chi connectivity index (χ0v) is 15.5. The van der Waals surface area contributed by atoms with Crippen LogP contribution < -0.4 is 5.06 Å². The van der Waals surface area contributed by atoms with Crippen molar-refractivity contribution in [3.05, 3.63) is 65.2 Å². The Morgan fingerprint density at radius 2 is 1.65 bits per heavy atom. The van der Waals surface area contributed by atoms with Crippen molar-refractivity contribution in [3.63, 3.8) is 0 Å². The quantitative estimate of drug-likeness (QED) is 0.474. The second-order valence-corrected chi connectivity index (χ2v) is 8.00. The second-order valence-electron chi connectivity index (χ2n) is 5.91. The highest BCUT2D eigenvalue weighted by Crippen LogP contribution is 2.20. The highest BCUT2D eigenvalue weighted by molar-refractivity contribution is 7.88. The summed E-state index contributed by atoms with van der Waals surface area (Å²) in [7, 11) is -1.92. The summed E-state index contributed by atoms with van der Waals surface area (Å²) in [4.78, 5) is 24.3. The van der Waals surface area contributed by atoms with Crippen molar-refractivity contribution in [1.82, 2.24) is 4.31 Å². The van der Waals surface area contributed by atoms with Crippen molar-refractivity contribution in [2.45, 2.75) is 13.5 Å². The Morgan fingerprint density at radius 3 is 2.23 bits per heavy atom. The first-order valence-corrected chi connectivity index (χ1v) is 9.59. The minimum atomic E-state index is -3.36. The molecule has 0 aliphatic rings. The number of carbonyl (C=O) groups is 2. The van der Waals surface area contributed by atoms with Gasteiger partial charge in [-0.2, -0.15) is 5.06 Å². The molecule has 0 fully saturated rings. The number of carbonyl (C=O) groups excluding carboxylic acids is 2. The average Bonchev–Trinajstić information content (AvgIpc) is 2.59. The summed E-state index contributed by atoms with van der Waals surface area (Å²) in [5.41, 5.74) is 1.07. The fourth-order valence-corrected chi connectivity index (χ4v) is 2.75. The van der Waals surface area contributed by atoms with Gasteiger partial charge in [0.2, 0.25) is 10.0 Å². The van der Waals surface area contributed by atoms with E-state index in [0.717, 1.165) is 10.6 Å². The van der Waals surface area contributed by atoms with E-state index in [2.05, 4.69) is 0 Å². The van der Waals surface area contributed by atoms with Crippen molar-refractivity contribution >= 4 is 27.4 Å². The van der Waals surface area contributed by atoms with Gasteiger partial charge < -0.3 is 0 Å². The van der Waals surface area contributed by atoms with Gasteiger partial charge in [-0.3, -0.25) is 14.8 Å². The van der Waals surface area contributed by atoms with Crippen LogP contribution in [-0.2, 0) is 16.6 Å². The predicted octanol–water partition coefficient (Wildman–Crippen LogP) is 2.32. The van der Waals surface area contributed by atoms with E-state index in [9.17, 15) is 23.2 Å². The number of sulfonamides is 1. The molecule has 0 aromatic heterocycles. The van der Waals surface area contributed by atoms with Crippen LogP contribution in [0, 0.1) is 0 Å². The van der Waals surface area contributed by atoms with Gasteiger partial charge in [0.15, 0.2) is 5.78 Å². The van der Waals surface area contributed by atoms with E-state index in [0.29, 0.717) is 10.6 Å². The molecule has 0 radical (unpaired) electrons. The molecule has 8 heteroatoms. The molecule has 0 spiro atoms. The van der Waals surface area contributed by atoms with Gasteiger partial charge in [0.1, 0.15) is 0 Å². The van der Waals surface area contributed by atoms with Crippen molar-refractivity contribution in [3.8, 4) is 0 Å². The van der Waals surface area contributed by atoms with Crippen LogP contribution in [-0.4, -0.2) is 42.9 Å². The van der Waals surface area contributed by atoms with Gasteiger partial charge in [-0.25, -0.2) is 12.7 Å². The van der Waals surface area contributed by atoms with Crippen LogP contribution in [0.1, 0.15) is 33.2 Å². The summed E-state index contributed by atoms with van der Waals surface area (Å²) in [6.07, 6.45) is 1.09. The van der Waals surface area contributed by atoms with Gasteiger partial charge in [0.25, 0.3) is 5.91 Å². The summed E-state index contributed by atoms with van der Waals surface area (Å²) in [6, 6.07) is 12.5. The minimum absolute atomic E-state index is 0.0844. The predicted molar refractivity (Wildman–Crippen MR) is 97.8 cm³/mol. The average molecular weight is 376 g/mol. The van der Waals surface area contributed by atoms with Crippen molar-refractivity contribution in [2.24, 2.45) is 0 Å². The first-order chi connectivity index (χ1) is 12.1. The lowest BCUT2D eigenvalue weighted by atomic mass is 10.0. The third-order valence-corrected chi connectivity index (χ3v) is 5.12. The molecule has 7 nitrogen and oxygen atoms in total. The number of hydroxylamine groups is 1. The number of rotatable bonds is 6. The van der Waals surface area contributed by atoms with Gasteiger partial charge in [-0.1, -0.05) is 30.3 Å². The molecule has 0 heterocycles. The molecule has 2 aromatic rings. The van der Waals surface area contributed by atoms with Crippen LogP contribution in [0.4, 0.5) is 5.69 Å². The molecule has 0 aliphatic heterocycles. The van der Waals surface area contributed by atoms with Gasteiger partial charge >= 0.3 is 0 Å². The molecule has 0 saturated carbocycles. The number of amides is 1. The van der Waals surface area contributed by atoms with E-state index >= 15 is 0 Å². The van der Waals surface area contributed by atoms with Crippen LogP contribution in [0.2, 0.25) is 0 Å². The number of anilines is 1. The maximum Gasteiger partial charge on any atom is 0.282 e. The van der Waals surface area contributed by atoms with E-state index in [1.165, 1.54) is 38.2 Å². The lowest BCUT2D eigenvalue weighted by Gasteiger charge is -2.19. The summed E-state index contributed by atoms with van der Waals surface area (Å²) >= 11 is 0. The third-order valence-electron chi connectivity index (χ3n) is 3.86. The summed E-state index contributed by atoms with van der Waals surface area (Å²) in [5.74, 6) is -1.03. The molecular weight excluding hydrogens is 356 g/mol. The Balaban J connectivity index is 2.30. The van der Waals surface area contributed by atoms with E-state index in [-0.39, 0.29) is 29.1 Å². The standard InChI is InChI=1S/C18H20N2O5S/c1-13(21)16-9-4-5-10-17(16)18(22)20(23)15-8-6-7-14(11-15)12-19(2)26(3,24)25/h4-11,23H,12H2,1-3H3. The molecule has 0 saturated heterocycles. The number of Topliss-reactive ketones (excluding diaryl/α,β-unsaturated/α-hetero) is 1. The molecule has 0 aliphatic carbocycles. The van der Waals surface area contributed by atoms with Crippen LogP contribution in [0.5, 0.6) is 0 Å². The zero-order valence-electron chi connectivity index (χ0n) is 14.7. The zero-order chi connectivity index (χ0) is 19.5. The number of hydrogen-bond donors (Lipinski definition) is 1. The van der Waals surface area contributed by atoms with Gasteiger partial charge in [0, 0.05) is 19.2 Å². The highest BCUT2D eigenvalue weighted by Gasteiger charge is 2.21. The lowest BCUT2D eigenvalue weighted by molar-refractivity contribution is 0.0848. The minimum Gasteiger partial charge on any atom is -0.294 e. The lowest BCUT2D eigenvalue weighted by Crippen LogP contribution is -2.29. The van der Waals surface area contributed by atoms with Crippen LogP contribution in [0.25, 0.3) is 0 Å². The number of ketones is 1. The summed E-state index contributed by atoms with van der Waals surface area (Å²) in [6.45, 7) is 1.44. The van der Waals surface area contributed by atoms with E-state index in [4.69, 9.17) is 0 Å². The summed E-state index contributed by atoms with van der Waals surface area (Å²) < 4.78 is 24.2. The van der Waals surface area contributed by atoms with Crippen LogP contribution >= 0.6 is 0 Å². The topological polar surface area (TPSA) is 95.0 Å². The Bertz CT molecular complexity index is 940. The number of benzene rings is 2.